The summed E-state index contributed by atoms with van der Waals surface area (Å²) in [6.07, 6.45) is -2.31. The van der Waals surface area contributed by atoms with E-state index in [1.54, 1.807) is 10.6 Å². The summed E-state index contributed by atoms with van der Waals surface area (Å²) in [4.78, 5) is 25.0. The summed E-state index contributed by atoms with van der Waals surface area (Å²) in [5, 5.41) is 13.0. The van der Waals surface area contributed by atoms with Crippen LogP contribution in [0.5, 0.6) is 5.75 Å². The van der Waals surface area contributed by atoms with Gasteiger partial charge in [0.15, 0.2) is 11.5 Å². The smallest absolute Gasteiger partial charge is 0.416 e. The highest BCUT2D eigenvalue weighted by atomic mass is 19.4. The van der Waals surface area contributed by atoms with Gasteiger partial charge in [-0.2, -0.15) is 13.2 Å². The molecule has 0 radical (unpaired) electrons. The van der Waals surface area contributed by atoms with Crippen LogP contribution in [0.1, 0.15) is 48.4 Å². The second-order valence-corrected chi connectivity index (χ2v) is 9.32. The van der Waals surface area contributed by atoms with Gasteiger partial charge in [0.1, 0.15) is 17.1 Å². The lowest BCUT2D eigenvalue weighted by molar-refractivity contribution is -0.137. The molecular formula is C27H26F3N5O3. The fourth-order valence-electron chi connectivity index (χ4n) is 4.41. The third kappa shape index (κ3) is 5.27. The molecule has 2 N–H and O–H groups in total. The number of ether oxygens (including phenoxy) is 1. The van der Waals surface area contributed by atoms with Gasteiger partial charge in [-0.05, 0) is 62.4 Å². The van der Waals surface area contributed by atoms with E-state index in [1.165, 1.54) is 12.1 Å². The first-order chi connectivity index (χ1) is 18.1. The predicted octanol–water partition coefficient (Wildman–Crippen LogP) is 5.87. The number of alkyl halides is 3. The molecule has 0 aliphatic heterocycles. The Kier molecular flexibility index (Phi) is 6.68. The molecule has 0 bridgehead atoms. The van der Waals surface area contributed by atoms with Crippen LogP contribution in [0.25, 0.3) is 22.6 Å². The van der Waals surface area contributed by atoms with Crippen LogP contribution in [0, 0.1) is 5.92 Å². The highest BCUT2D eigenvalue weighted by Gasteiger charge is 2.31. The van der Waals surface area contributed by atoms with Gasteiger partial charge in [-0.25, -0.2) is 19.7 Å². The minimum absolute atomic E-state index is 0.0360. The van der Waals surface area contributed by atoms with Gasteiger partial charge in [0, 0.05) is 18.2 Å². The van der Waals surface area contributed by atoms with Crippen LogP contribution in [0.15, 0.2) is 48.5 Å². The topological polar surface area (TPSA) is 102 Å². The molecule has 198 valence electrons. The number of benzene rings is 2. The molecule has 4 aromatic rings. The molecule has 1 aliphatic rings. The number of halogens is 3. The maximum atomic E-state index is 13.1. The first kappa shape index (κ1) is 25.5. The Bertz CT molecular complexity index is 1480. The van der Waals surface area contributed by atoms with E-state index in [9.17, 15) is 23.1 Å². The molecule has 1 aliphatic carbocycles. The van der Waals surface area contributed by atoms with Crippen molar-refractivity contribution in [1.82, 2.24) is 19.5 Å². The number of hydrogen-bond donors (Lipinski definition) is 2. The summed E-state index contributed by atoms with van der Waals surface area (Å²) < 4.78 is 46.9. The number of nitrogens with zero attached hydrogens (tertiary/aromatic N) is 4. The number of aromatic carboxylic acids is 1. The van der Waals surface area contributed by atoms with Crippen molar-refractivity contribution in [2.75, 3.05) is 11.9 Å². The third-order valence-corrected chi connectivity index (χ3v) is 6.51. The van der Waals surface area contributed by atoms with E-state index >= 15 is 0 Å². The second-order valence-electron chi connectivity index (χ2n) is 9.32. The summed E-state index contributed by atoms with van der Waals surface area (Å²) in [6.45, 7) is 4.50. The largest absolute Gasteiger partial charge is 0.494 e. The van der Waals surface area contributed by atoms with Crippen LogP contribution in [-0.2, 0) is 12.7 Å². The zero-order chi connectivity index (χ0) is 27.0. The van der Waals surface area contributed by atoms with E-state index in [2.05, 4.69) is 20.3 Å². The van der Waals surface area contributed by atoms with Crippen molar-refractivity contribution >= 4 is 23.0 Å². The van der Waals surface area contributed by atoms with Crippen molar-refractivity contribution < 1.29 is 27.8 Å². The maximum Gasteiger partial charge on any atom is 0.416 e. The molecular weight excluding hydrogens is 499 g/mol. The molecule has 2 aromatic heterocycles. The molecule has 1 unspecified atom stereocenters. The van der Waals surface area contributed by atoms with E-state index in [0.29, 0.717) is 46.6 Å². The summed E-state index contributed by atoms with van der Waals surface area (Å²) in [6, 6.07) is 12.2. The first-order valence-electron chi connectivity index (χ1n) is 12.3. The molecule has 11 heteroatoms. The van der Waals surface area contributed by atoms with Gasteiger partial charge in [-0.3, -0.25) is 0 Å². The monoisotopic (exact) mass is 525 g/mol. The van der Waals surface area contributed by atoms with Crippen molar-refractivity contribution in [1.29, 1.82) is 0 Å². The minimum Gasteiger partial charge on any atom is -0.494 e. The molecule has 2 aromatic carbocycles. The number of nitrogens with one attached hydrogen (secondary N) is 1. The molecule has 8 nitrogen and oxygen atoms in total. The molecule has 1 atom stereocenters. The maximum absolute atomic E-state index is 13.1. The Balaban J connectivity index is 1.68. The highest BCUT2D eigenvalue weighted by Crippen LogP contribution is 2.36. The number of carboxylic acids is 1. The summed E-state index contributed by atoms with van der Waals surface area (Å²) in [5.74, 6) is 0.167. The lowest BCUT2D eigenvalue weighted by Gasteiger charge is -2.17. The van der Waals surface area contributed by atoms with E-state index in [4.69, 9.17) is 4.74 Å². The van der Waals surface area contributed by atoms with Gasteiger partial charge >= 0.3 is 12.1 Å². The number of carbonyl (C=O) groups is 1. The zero-order valence-electron chi connectivity index (χ0n) is 20.8. The SMILES string of the molecule is CCOc1cccc(-c2nc3nc(C(=O)O)nc(NC(C)C4CC4)c3n2Cc2ccc(C(F)(F)F)cc2)c1. The van der Waals surface area contributed by atoms with Crippen LogP contribution in [0.2, 0.25) is 0 Å². The first-order valence-corrected chi connectivity index (χ1v) is 12.3. The van der Waals surface area contributed by atoms with Crippen molar-refractivity contribution in [3.8, 4) is 17.1 Å². The summed E-state index contributed by atoms with van der Waals surface area (Å²) in [7, 11) is 0. The highest BCUT2D eigenvalue weighted by molar-refractivity contribution is 5.92. The number of rotatable bonds is 9. The lowest BCUT2D eigenvalue weighted by atomic mass is 10.1. The molecule has 1 fully saturated rings. The quantitative estimate of drug-likeness (QED) is 0.282. The van der Waals surface area contributed by atoms with E-state index in [0.717, 1.165) is 25.0 Å². The molecule has 5 rings (SSSR count). The summed E-state index contributed by atoms with van der Waals surface area (Å²) >= 11 is 0. The second kappa shape index (κ2) is 9.96. The van der Waals surface area contributed by atoms with E-state index in [-0.39, 0.29) is 18.2 Å². The Hall–Kier alpha value is -4.15. The Morgan fingerprint density at radius 1 is 1.16 bits per heavy atom. The average Bonchev–Trinajstić information content (AvgIpc) is 3.66. The van der Waals surface area contributed by atoms with Gasteiger partial charge in [-0.15, -0.1) is 0 Å². The summed E-state index contributed by atoms with van der Waals surface area (Å²) in [5.41, 5.74) is 1.18. The number of carboxylic acid groups (broad SMARTS) is 1. The zero-order valence-corrected chi connectivity index (χ0v) is 20.8. The van der Waals surface area contributed by atoms with Crippen molar-refractivity contribution in [3.05, 3.63) is 65.5 Å². The minimum atomic E-state index is -4.44. The standard InChI is InChI=1S/C27H26F3N5O3/c1-3-38-20-6-4-5-18(13-20)25-34-23-21(35(25)14-16-7-11-19(12-8-16)27(28,29)30)22(31-15(2)17-9-10-17)32-24(33-23)26(36)37/h4-8,11-13,15,17H,3,9-10,14H2,1-2H3,(H,36,37)(H,31,32,33). The Labute approximate surface area is 216 Å². The molecule has 38 heavy (non-hydrogen) atoms. The van der Waals surface area contributed by atoms with Gasteiger partial charge in [0.2, 0.25) is 5.82 Å². The third-order valence-electron chi connectivity index (χ3n) is 6.51. The molecule has 1 saturated carbocycles. The number of aromatic nitrogens is 4. The fraction of sp³-hybridized carbons (Fsp3) is 0.333. The van der Waals surface area contributed by atoms with Crippen LogP contribution in [-0.4, -0.2) is 43.2 Å². The van der Waals surface area contributed by atoms with Crippen LogP contribution in [0.4, 0.5) is 19.0 Å². The molecule has 0 spiro atoms. The van der Waals surface area contributed by atoms with Crippen LogP contribution < -0.4 is 10.1 Å². The molecule has 0 saturated heterocycles. The number of anilines is 1. The van der Waals surface area contributed by atoms with Gasteiger partial charge in [0.05, 0.1) is 12.2 Å². The number of hydrogen-bond acceptors (Lipinski definition) is 6. The average molecular weight is 526 g/mol. The van der Waals surface area contributed by atoms with Gasteiger partial charge in [0.25, 0.3) is 0 Å². The van der Waals surface area contributed by atoms with Gasteiger partial charge in [-0.1, -0.05) is 24.3 Å². The van der Waals surface area contributed by atoms with Gasteiger partial charge < -0.3 is 19.7 Å². The lowest BCUT2D eigenvalue weighted by Crippen LogP contribution is -2.20. The van der Waals surface area contributed by atoms with E-state index in [1.807, 2.05) is 32.0 Å². The van der Waals surface area contributed by atoms with E-state index < -0.39 is 23.5 Å². The van der Waals surface area contributed by atoms with Crippen molar-refractivity contribution in [2.24, 2.45) is 5.92 Å². The fourth-order valence-corrected chi connectivity index (χ4v) is 4.41. The number of imidazole rings is 1. The molecule has 2 heterocycles. The molecule has 0 amide bonds. The predicted molar refractivity (Wildman–Crippen MR) is 135 cm³/mol. The van der Waals surface area contributed by atoms with Crippen molar-refractivity contribution in [3.63, 3.8) is 0 Å². The normalized spacial score (nSPS) is 14.4. The van der Waals surface area contributed by atoms with Crippen LogP contribution in [0.3, 0.4) is 0 Å². The Morgan fingerprint density at radius 2 is 1.89 bits per heavy atom. The van der Waals surface area contributed by atoms with Crippen LogP contribution >= 0.6 is 0 Å². The van der Waals surface area contributed by atoms with Crippen molar-refractivity contribution in [2.45, 2.75) is 45.5 Å². The Morgan fingerprint density at radius 3 is 2.53 bits per heavy atom. The number of fused-ring (bicyclic) bond motifs is 1.